The van der Waals surface area contributed by atoms with E-state index in [0.29, 0.717) is 6.54 Å². The first-order valence-electron chi connectivity index (χ1n) is 4.46. The van der Waals surface area contributed by atoms with E-state index in [1.54, 1.807) is 0 Å². The number of piperidine rings is 1. The van der Waals surface area contributed by atoms with Gasteiger partial charge in [-0.1, -0.05) is 13.8 Å². The van der Waals surface area contributed by atoms with Gasteiger partial charge in [0.05, 0.1) is 5.54 Å². The van der Waals surface area contributed by atoms with Crippen molar-refractivity contribution in [2.45, 2.75) is 45.7 Å². The molecule has 0 amide bonds. The normalized spacial score (nSPS) is 35.0. The highest BCUT2D eigenvalue weighted by Gasteiger charge is 2.43. The smallest absolute Gasteiger partial charge is 0.0588 e. The van der Waals surface area contributed by atoms with Crippen LogP contribution in [0.5, 0.6) is 0 Å². The van der Waals surface area contributed by atoms with Crippen molar-refractivity contribution >= 4 is 0 Å². The van der Waals surface area contributed by atoms with E-state index in [1.807, 2.05) is 13.8 Å². The minimum Gasteiger partial charge on any atom is -0.326 e. The van der Waals surface area contributed by atoms with Gasteiger partial charge in [-0.2, -0.15) is 0 Å². The van der Waals surface area contributed by atoms with Crippen molar-refractivity contribution < 1.29 is 5.21 Å². The SMILES string of the molecule is CC1(C)CC(N)C(C)(C)N([O])C1. The van der Waals surface area contributed by atoms with E-state index in [0.717, 1.165) is 11.5 Å². The number of nitrogens with zero attached hydrogens (tertiary/aromatic N) is 1. The van der Waals surface area contributed by atoms with E-state index in [1.165, 1.54) is 0 Å². The van der Waals surface area contributed by atoms with Gasteiger partial charge in [-0.15, -0.1) is 10.3 Å². The quantitative estimate of drug-likeness (QED) is 0.594. The minimum atomic E-state index is -0.393. The molecule has 0 aromatic rings. The molecule has 0 bridgehead atoms. The van der Waals surface area contributed by atoms with Crippen LogP contribution in [-0.2, 0) is 5.21 Å². The van der Waals surface area contributed by atoms with E-state index in [2.05, 4.69) is 13.8 Å². The third-order valence-electron chi connectivity index (χ3n) is 2.89. The minimum absolute atomic E-state index is 0.0150. The Labute approximate surface area is 74.5 Å². The topological polar surface area (TPSA) is 49.2 Å². The summed E-state index contributed by atoms with van der Waals surface area (Å²) in [5.74, 6) is 0. The number of rotatable bonds is 0. The summed E-state index contributed by atoms with van der Waals surface area (Å²) in [6, 6.07) is -0.0150. The monoisotopic (exact) mass is 171 g/mol. The first-order chi connectivity index (χ1) is 5.26. The van der Waals surface area contributed by atoms with Crippen molar-refractivity contribution in [3.8, 4) is 0 Å². The third kappa shape index (κ3) is 1.63. The first kappa shape index (κ1) is 9.96. The molecule has 1 rings (SSSR count). The number of hydroxylamine groups is 2. The van der Waals surface area contributed by atoms with Gasteiger partial charge in [-0.25, -0.2) is 0 Å². The zero-order valence-corrected chi connectivity index (χ0v) is 8.42. The lowest BCUT2D eigenvalue weighted by Crippen LogP contribution is -2.62. The average molecular weight is 171 g/mol. The number of hydrogen-bond donors (Lipinski definition) is 1. The fourth-order valence-corrected chi connectivity index (χ4v) is 1.69. The Kier molecular flexibility index (Phi) is 2.23. The maximum Gasteiger partial charge on any atom is 0.0588 e. The van der Waals surface area contributed by atoms with Gasteiger partial charge in [-0.05, 0) is 25.7 Å². The van der Waals surface area contributed by atoms with Crippen LogP contribution >= 0.6 is 0 Å². The molecule has 1 atom stereocenters. The zero-order chi connectivity index (χ0) is 9.57. The molecule has 3 nitrogen and oxygen atoms in total. The summed E-state index contributed by atoms with van der Waals surface area (Å²) < 4.78 is 0. The number of nitrogens with two attached hydrogens (primary N) is 1. The summed E-state index contributed by atoms with van der Waals surface area (Å²) in [6.07, 6.45) is 0.929. The van der Waals surface area contributed by atoms with E-state index in [9.17, 15) is 5.21 Å². The largest absolute Gasteiger partial charge is 0.326 e. The Morgan fingerprint density at radius 2 is 1.83 bits per heavy atom. The average Bonchev–Trinajstić information content (AvgIpc) is 1.82. The zero-order valence-electron chi connectivity index (χ0n) is 8.42. The molecule has 2 N–H and O–H groups in total. The predicted octanol–water partition coefficient (Wildman–Crippen LogP) is 1.17. The van der Waals surface area contributed by atoms with Crippen LogP contribution in [0, 0.1) is 5.41 Å². The molecule has 1 aliphatic rings. The van der Waals surface area contributed by atoms with Crippen LogP contribution in [-0.4, -0.2) is 23.2 Å². The second-order valence-corrected chi connectivity index (χ2v) is 5.17. The second kappa shape index (κ2) is 2.69. The van der Waals surface area contributed by atoms with Crippen molar-refractivity contribution in [3.05, 3.63) is 0 Å². The fraction of sp³-hybridized carbons (Fsp3) is 1.00. The Bertz CT molecular complexity index is 161. The predicted molar refractivity (Wildman–Crippen MR) is 47.8 cm³/mol. The molecule has 1 fully saturated rings. The van der Waals surface area contributed by atoms with Crippen LogP contribution in [0.25, 0.3) is 0 Å². The lowest BCUT2D eigenvalue weighted by Gasteiger charge is -2.47. The second-order valence-electron chi connectivity index (χ2n) is 5.17. The van der Waals surface area contributed by atoms with Crippen molar-refractivity contribution in [1.29, 1.82) is 0 Å². The molecule has 12 heavy (non-hydrogen) atoms. The van der Waals surface area contributed by atoms with Gasteiger partial charge in [0.1, 0.15) is 0 Å². The Hall–Kier alpha value is -0.120. The van der Waals surface area contributed by atoms with Gasteiger partial charge in [0.2, 0.25) is 0 Å². The molecule has 1 aliphatic heterocycles. The van der Waals surface area contributed by atoms with E-state index in [4.69, 9.17) is 5.73 Å². The molecule has 71 valence electrons. The highest BCUT2D eigenvalue weighted by atomic mass is 16.5. The summed E-state index contributed by atoms with van der Waals surface area (Å²) in [6.45, 7) is 8.60. The molecule has 1 saturated heterocycles. The highest BCUT2D eigenvalue weighted by molar-refractivity contribution is 4.97. The third-order valence-corrected chi connectivity index (χ3v) is 2.89. The number of hydrogen-bond acceptors (Lipinski definition) is 2. The van der Waals surface area contributed by atoms with Crippen LogP contribution in [0.2, 0.25) is 0 Å². The Morgan fingerprint density at radius 1 is 1.33 bits per heavy atom. The molecule has 1 heterocycles. The fourth-order valence-electron chi connectivity index (χ4n) is 1.69. The van der Waals surface area contributed by atoms with E-state index < -0.39 is 5.54 Å². The van der Waals surface area contributed by atoms with E-state index >= 15 is 0 Å². The summed E-state index contributed by atoms with van der Waals surface area (Å²) in [5.41, 5.74) is 5.61. The molecular formula is C9H19N2O. The molecule has 3 heteroatoms. The van der Waals surface area contributed by atoms with Gasteiger partial charge in [0.15, 0.2) is 0 Å². The van der Waals surface area contributed by atoms with Gasteiger partial charge in [0.25, 0.3) is 0 Å². The molecule has 0 aliphatic carbocycles. The summed E-state index contributed by atoms with van der Waals surface area (Å²) in [4.78, 5) is 0. The molecule has 0 aromatic carbocycles. The van der Waals surface area contributed by atoms with Crippen LogP contribution in [0.15, 0.2) is 0 Å². The summed E-state index contributed by atoms with van der Waals surface area (Å²) >= 11 is 0. The maximum absolute atomic E-state index is 11.6. The first-order valence-corrected chi connectivity index (χ1v) is 4.46. The van der Waals surface area contributed by atoms with Gasteiger partial charge in [-0.3, -0.25) is 0 Å². The Balaban J connectivity index is 2.78. The summed E-state index contributed by atoms with van der Waals surface area (Å²) in [7, 11) is 0. The van der Waals surface area contributed by atoms with Gasteiger partial charge < -0.3 is 5.73 Å². The van der Waals surface area contributed by atoms with Gasteiger partial charge >= 0.3 is 0 Å². The molecule has 1 unspecified atom stereocenters. The van der Waals surface area contributed by atoms with Crippen LogP contribution in [0.1, 0.15) is 34.1 Å². The van der Waals surface area contributed by atoms with E-state index in [-0.39, 0.29) is 11.5 Å². The van der Waals surface area contributed by atoms with Crippen molar-refractivity contribution in [2.75, 3.05) is 6.54 Å². The lowest BCUT2D eigenvalue weighted by molar-refractivity contribution is -0.255. The van der Waals surface area contributed by atoms with Crippen LogP contribution < -0.4 is 5.73 Å². The molecule has 0 spiro atoms. The lowest BCUT2D eigenvalue weighted by atomic mass is 9.75. The van der Waals surface area contributed by atoms with Crippen molar-refractivity contribution in [1.82, 2.24) is 5.06 Å². The van der Waals surface area contributed by atoms with Crippen LogP contribution in [0.4, 0.5) is 0 Å². The summed E-state index contributed by atoms with van der Waals surface area (Å²) in [5, 5.41) is 12.7. The molecule has 0 aromatic heterocycles. The van der Waals surface area contributed by atoms with Crippen LogP contribution in [0.3, 0.4) is 0 Å². The standard InChI is InChI=1S/C9H19N2O/c1-8(2)5-7(10)9(3,4)11(12)6-8/h7H,5-6,10H2,1-4H3. The molecular weight excluding hydrogens is 152 g/mol. The highest BCUT2D eigenvalue weighted by Crippen LogP contribution is 2.35. The Morgan fingerprint density at radius 3 is 2.25 bits per heavy atom. The van der Waals surface area contributed by atoms with Crippen molar-refractivity contribution in [2.24, 2.45) is 11.1 Å². The molecule has 1 radical (unpaired) electrons. The van der Waals surface area contributed by atoms with Crippen molar-refractivity contribution in [3.63, 3.8) is 0 Å². The molecule has 0 saturated carbocycles. The maximum atomic E-state index is 11.6. The van der Waals surface area contributed by atoms with Gasteiger partial charge in [0, 0.05) is 12.6 Å².